The van der Waals surface area contributed by atoms with Gasteiger partial charge in [-0.05, 0) is 44.1 Å². The molecule has 0 saturated heterocycles. The molecular weight excluding hydrogens is 264 g/mol. The van der Waals surface area contributed by atoms with Crippen LogP contribution < -0.4 is 5.73 Å². The summed E-state index contributed by atoms with van der Waals surface area (Å²) in [5, 5.41) is 9.26. The van der Waals surface area contributed by atoms with Crippen molar-refractivity contribution in [3.8, 4) is 0 Å². The van der Waals surface area contributed by atoms with Gasteiger partial charge in [0.2, 0.25) is 5.91 Å². The Morgan fingerprint density at radius 3 is 2.43 bits per heavy atom. The van der Waals surface area contributed by atoms with Gasteiger partial charge in [-0.1, -0.05) is 33.1 Å². The molecule has 4 nitrogen and oxygen atoms in total. The van der Waals surface area contributed by atoms with Crippen molar-refractivity contribution in [1.82, 2.24) is 4.90 Å². The Hall–Kier alpha value is -0.610. The molecule has 4 heteroatoms. The summed E-state index contributed by atoms with van der Waals surface area (Å²) in [4.78, 5) is 14.5. The van der Waals surface area contributed by atoms with Gasteiger partial charge in [0.15, 0.2) is 0 Å². The van der Waals surface area contributed by atoms with Gasteiger partial charge < -0.3 is 15.7 Å². The molecule has 1 rings (SSSR count). The summed E-state index contributed by atoms with van der Waals surface area (Å²) in [5.41, 5.74) is 5.67. The van der Waals surface area contributed by atoms with Crippen LogP contribution in [0.3, 0.4) is 0 Å². The Kier molecular flexibility index (Phi) is 8.93. The van der Waals surface area contributed by atoms with Crippen LogP contribution in [-0.4, -0.2) is 41.7 Å². The number of aliphatic hydroxyl groups excluding tert-OH is 1. The molecule has 1 fully saturated rings. The first-order valence-electron chi connectivity index (χ1n) is 8.70. The molecule has 0 aliphatic heterocycles. The average Bonchev–Trinajstić information content (AvgIpc) is 2.49. The minimum absolute atomic E-state index is 0.0681. The number of nitrogens with two attached hydrogens (primary N) is 1. The second-order valence-electron chi connectivity index (χ2n) is 6.72. The van der Waals surface area contributed by atoms with Crippen LogP contribution in [0, 0.1) is 11.8 Å². The lowest BCUT2D eigenvalue weighted by Crippen LogP contribution is -2.43. The molecule has 0 aromatic rings. The second kappa shape index (κ2) is 10.2. The minimum atomic E-state index is 0.0681. The maximum absolute atomic E-state index is 12.5. The highest BCUT2D eigenvalue weighted by Gasteiger charge is 2.25. The molecule has 0 aromatic heterocycles. The van der Waals surface area contributed by atoms with Gasteiger partial charge in [0.1, 0.15) is 0 Å². The number of hydrogen-bond acceptors (Lipinski definition) is 3. The van der Waals surface area contributed by atoms with E-state index in [1.807, 2.05) is 4.90 Å². The molecule has 0 bridgehead atoms. The highest BCUT2D eigenvalue weighted by Crippen LogP contribution is 2.25. The van der Waals surface area contributed by atoms with E-state index < -0.39 is 0 Å². The molecule has 1 aliphatic carbocycles. The number of nitrogens with zero attached hydrogens (tertiary/aromatic N) is 1. The van der Waals surface area contributed by atoms with E-state index >= 15 is 0 Å². The lowest BCUT2D eigenvalue weighted by Gasteiger charge is -2.34. The summed E-state index contributed by atoms with van der Waals surface area (Å²) in [6.07, 6.45) is 8.41. The SMILES string of the molecule is CC(C)C(CCN)CCC(=O)N(CCO)C1CCCCC1. The fourth-order valence-corrected chi connectivity index (χ4v) is 3.49. The van der Waals surface area contributed by atoms with Crippen LogP contribution in [0.2, 0.25) is 0 Å². The summed E-state index contributed by atoms with van der Waals surface area (Å²) in [7, 11) is 0. The zero-order valence-corrected chi connectivity index (χ0v) is 13.9. The molecule has 1 saturated carbocycles. The van der Waals surface area contributed by atoms with E-state index in [9.17, 15) is 9.90 Å². The summed E-state index contributed by atoms with van der Waals surface area (Å²) in [6, 6.07) is 0.352. The molecule has 1 amide bonds. The first-order valence-corrected chi connectivity index (χ1v) is 8.70. The molecule has 1 atom stereocenters. The Morgan fingerprint density at radius 1 is 1.24 bits per heavy atom. The molecule has 1 unspecified atom stereocenters. The van der Waals surface area contributed by atoms with Gasteiger partial charge in [-0.15, -0.1) is 0 Å². The lowest BCUT2D eigenvalue weighted by atomic mass is 9.87. The van der Waals surface area contributed by atoms with Crippen LogP contribution in [-0.2, 0) is 4.79 Å². The fraction of sp³-hybridized carbons (Fsp3) is 0.941. The standard InChI is InChI=1S/C17H34N2O2/c1-14(2)15(10-11-18)8-9-17(21)19(12-13-20)16-6-4-3-5-7-16/h14-16,20H,3-13,18H2,1-2H3. The van der Waals surface area contributed by atoms with Crippen LogP contribution in [0.1, 0.15) is 65.2 Å². The van der Waals surface area contributed by atoms with Crippen molar-refractivity contribution in [3.63, 3.8) is 0 Å². The van der Waals surface area contributed by atoms with E-state index in [1.165, 1.54) is 19.3 Å². The van der Waals surface area contributed by atoms with Crippen molar-refractivity contribution >= 4 is 5.91 Å². The monoisotopic (exact) mass is 298 g/mol. The molecule has 1 aliphatic rings. The van der Waals surface area contributed by atoms with Crippen molar-refractivity contribution in [2.75, 3.05) is 19.7 Å². The summed E-state index contributed by atoms with van der Waals surface area (Å²) in [5.74, 6) is 1.32. The first kappa shape index (κ1) is 18.4. The van der Waals surface area contributed by atoms with Crippen molar-refractivity contribution in [1.29, 1.82) is 0 Å². The predicted octanol–water partition coefficient (Wildman–Crippen LogP) is 2.54. The largest absolute Gasteiger partial charge is 0.395 e. The average molecular weight is 298 g/mol. The van der Waals surface area contributed by atoms with Crippen molar-refractivity contribution in [2.45, 2.75) is 71.3 Å². The van der Waals surface area contributed by atoms with Crippen molar-refractivity contribution < 1.29 is 9.90 Å². The number of carbonyl (C=O) groups is 1. The van der Waals surface area contributed by atoms with E-state index in [0.717, 1.165) is 25.7 Å². The topological polar surface area (TPSA) is 66.6 Å². The molecular formula is C17H34N2O2. The third kappa shape index (κ3) is 6.35. The van der Waals surface area contributed by atoms with E-state index in [2.05, 4.69) is 13.8 Å². The van der Waals surface area contributed by atoms with E-state index in [1.54, 1.807) is 0 Å². The van der Waals surface area contributed by atoms with Gasteiger partial charge in [-0.2, -0.15) is 0 Å². The van der Waals surface area contributed by atoms with Crippen molar-refractivity contribution in [3.05, 3.63) is 0 Å². The summed E-state index contributed by atoms with van der Waals surface area (Å²) in [6.45, 7) is 5.67. The van der Waals surface area contributed by atoms with Gasteiger partial charge >= 0.3 is 0 Å². The maximum Gasteiger partial charge on any atom is 0.222 e. The van der Waals surface area contributed by atoms with Crippen LogP contribution >= 0.6 is 0 Å². The molecule has 0 heterocycles. The van der Waals surface area contributed by atoms with E-state index in [4.69, 9.17) is 5.73 Å². The minimum Gasteiger partial charge on any atom is -0.395 e. The highest BCUT2D eigenvalue weighted by molar-refractivity contribution is 5.76. The quantitative estimate of drug-likeness (QED) is 0.687. The zero-order valence-electron chi connectivity index (χ0n) is 13.9. The maximum atomic E-state index is 12.5. The number of rotatable bonds is 9. The lowest BCUT2D eigenvalue weighted by molar-refractivity contribution is -0.135. The van der Waals surface area contributed by atoms with E-state index in [-0.39, 0.29) is 12.5 Å². The fourth-order valence-electron chi connectivity index (χ4n) is 3.49. The van der Waals surface area contributed by atoms with Gasteiger partial charge in [0.05, 0.1) is 6.61 Å². The Balaban J connectivity index is 2.51. The molecule has 3 N–H and O–H groups in total. The van der Waals surface area contributed by atoms with Crippen LogP contribution in [0.15, 0.2) is 0 Å². The number of hydrogen-bond donors (Lipinski definition) is 2. The van der Waals surface area contributed by atoms with E-state index in [0.29, 0.717) is 37.4 Å². The third-order valence-corrected chi connectivity index (χ3v) is 4.89. The normalized spacial score (nSPS) is 18.0. The van der Waals surface area contributed by atoms with Crippen LogP contribution in [0.4, 0.5) is 0 Å². The smallest absolute Gasteiger partial charge is 0.222 e. The molecule has 21 heavy (non-hydrogen) atoms. The second-order valence-corrected chi connectivity index (χ2v) is 6.72. The Labute approximate surface area is 130 Å². The third-order valence-electron chi connectivity index (χ3n) is 4.89. The van der Waals surface area contributed by atoms with Crippen LogP contribution in [0.5, 0.6) is 0 Å². The number of carbonyl (C=O) groups excluding carboxylic acids is 1. The van der Waals surface area contributed by atoms with Gasteiger partial charge in [0.25, 0.3) is 0 Å². The number of amides is 1. The van der Waals surface area contributed by atoms with Gasteiger partial charge in [-0.25, -0.2) is 0 Å². The molecule has 124 valence electrons. The Morgan fingerprint density at radius 2 is 1.90 bits per heavy atom. The molecule has 0 aromatic carbocycles. The van der Waals surface area contributed by atoms with Crippen LogP contribution in [0.25, 0.3) is 0 Å². The van der Waals surface area contributed by atoms with Crippen molar-refractivity contribution in [2.24, 2.45) is 17.6 Å². The number of aliphatic hydroxyl groups is 1. The zero-order chi connectivity index (χ0) is 15.7. The first-order chi connectivity index (χ1) is 10.1. The molecule has 0 spiro atoms. The van der Waals surface area contributed by atoms with Gasteiger partial charge in [0, 0.05) is 19.0 Å². The predicted molar refractivity (Wildman–Crippen MR) is 86.9 cm³/mol. The highest BCUT2D eigenvalue weighted by atomic mass is 16.3. The summed E-state index contributed by atoms with van der Waals surface area (Å²) >= 11 is 0. The molecule has 0 radical (unpaired) electrons. The van der Waals surface area contributed by atoms with Gasteiger partial charge in [-0.3, -0.25) is 4.79 Å². The summed E-state index contributed by atoms with van der Waals surface area (Å²) < 4.78 is 0. The Bertz CT molecular complexity index is 289.